The van der Waals surface area contributed by atoms with Crippen molar-refractivity contribution in [3.05, 3.63) is 65.9 Å². The summed E-state index contributed by atoms with van der Waals surface area (Å²) in [5, 5.41) is 1.02. The van der Waals surface area contributed by atoms with Crippen LogP contribution in [0.5, 0.6) is 0 Å². The third-order valence-corrected chi connectivity index (χ3v) is 5.44. The lowest BCUT2D eigenvalue weighted by Gasteiger charge is -2.19. The minimum Gasteiger partial charge on any atom is -0.324 e. The molecule has 0 unspecified atom stereocenters. The third kappa shape index (κ3) is 5.64. The first-order valence-electron chi connectivity index (χ1n) is 9.61. The maximum atomic E-state index is 12.7. The average molecular weight is 420 g/mol. The summed E-state index contributed by atoms with van der Waals surface area (Å²) in [5.74, 6) is 0. The van der Waals surface area contributed by atoms with Crippen molar-refractivity contribution in [3.63, 3.8) is 0 Å². The van der Waals surface area contributed by atoms with Crippen molar-refractivity contribution in [3.8, 4) is 0 Å². The molecule has 0 atom stereocenters. The second-order valence-electron chi connectivity index (χ2n) is 6.77. The predicted octanol–water partition coefficient (Wildman–Crippen LogP) is 6.60. The number of benzene rings is 2. The van der Waals surface area contributed by atoms with Crippen molar-refractivity contribution in [2.75, 3.05) is 17.8 Å². The molecule has 0 amide bonds. The Morgan fingerprint density at radius 2 is 1.76 bits per heavy atom. The number of halogens is 3. The molecule has 1 aromatic heterocycles. The molecule has 0 fully saturated rings. The maximum absolute atomic E-state index is 12.7. The zero-order valence-corrected chi connectivity index (χ0v) is 17.3. The van der Waals surface area contributed by atoms with E-state index in [2.05, 4.69) is 29.5 Å². The number of nitrogens with one attached hydrogen (secondary N) is 1. The highest BCUT2D eigenvalue weighted by molar-refractivity contribution is 8.00. The molecule has 29 heavy (non-hydrogen) atoms. The summed E-state index contributed by atoms with van der Waals surface area (Å²) in [6.07, 6.45) is -3.23. The Bertz CT molecular complexity index is 942. The summed E-state index contributed by atoms with van der Waals surface area (Å²) < 4.78 is 41.4. The largest absolute Gasteiger partial charge is 0.416 e. The lowest BCUT2D eigenvalue weighted by Crippen LogP contribution is -2.24. The molecule has 0 saturated heterocycles. The zero-order valence-electron chi connectivity index (χ0n) is 16.5. The van der Waals surface area contributed by atoms with Crippen LogP contribution in [0.1, 0.15) is 31.5 Å². The Balaban J connectivity index is 1.77. The smallest absolute Gasteiger partial charge is 0.324 e. The molecule has 0 aliphatic rings. The molecular weight excluding hydrogens is 395 g/mol. The normalized spacial score (nSPS) is 11.9. The van der Waals surface area contributed by atoms with Gasteiger partial charge in [-0.15, -0.1) is 0 Å². The van der Waals surface area contributed by atoms with E-state index in [-0.39, 0.29) is 0 Å². The summed E-state index contributed by atoms with van der Waals surface area (Å²) in [6.45, 7) is 7.10. The van der Waals surface area contributed by atoms with E-state index in [9.17, 15) is 13.2 Å². The van der Waals surface area contributed by atoms with Crippen molar-refractivity contribution in [2.24, 2.45) is 0 Å². The van der Waals surface area contributed by atoms with Gasteiger partial charge in [0, 0.05) is 16.8 Å². The van der Waals surface area contributed by atoms with Crippen molar-refractivity contribution >= 4 is 28.5 Å². The van der Waals surface area contributed by atoms with Gasteiger partial charge in [0.15, 0.2) is 0 Å². The quantitative estimate of drug-likeness (QED) is 0.416. The van der Waals surface area contributed by atoms with Gasteiger partial charge in [0.1, 0.15) is 0 Å². The minimum atomic E-state index is -4.32. The maximum Gasteiger partial charge on any atom is 0.416 e. The molecule has 0 saturated carbocycles. The van der Waals surface area contributed by atoms with Crippen molar-refractivity contribution < 1.29 is 13.2 Å². The van der Waals surface area contributed by atoms with Gasteiger partial charge in [0.05, 0.1) is 22.5 Å². The van der Waals surface area contributed by atoms with E-state index < -0.39 is 11.7 Å². The molecule has 0 aliphatic carbocycles. The van der Waals surface area contributed by atoms with E-state index in [1.165, 1.54) is 24.1 Å². The Morgan fingerprint density at radius 1 is 1.00 bits per heavy atom. The van der Waals surface area contributed by atoms with E-state index >= 15 is 0 Å². The monoisotopic (exact) mass is 419 g/mol. The molecule has 3 aromatic rings. The van der Waals surface area contributed by atoms with E-state index in [4.69, 9.17) is 4.98 Å². The Hall–Kier alpha value is -2.25. The Kier molecular flexibility index (Phi) is 7.03. The van der Waals surface area contributed by atoms with Gasteiger partial charge in [-0.05, 0) is 67.9 Å². The number of anilines is 1. The highest BCUT2D eigenvalue weighted by atomic mass is 32.2. The molecule has 1 heterocycles. The number of hydrogen-bond donors (Lipinski definition) is 1. The molecule has 0 aliphatic heterocycles. The fourth-order valence-corrected chi connectivity index (χ4v) is 3.74. The Labute approximate surface area is 173 Å². The Morgan fingerprint density at radius 3 is 2.41 bits per heavy atom. The fourth-order valence-electron chi connectivity index (χ4n) is 3.08. The lowest BCUT2D eigenvalue weighted by molar-refractivity contribution is -0.137. The molecule has 154 valence electrons. The zero-order chi connectivity index (χ0) is 20.9. The second kappa shape index (κ2) is 9.50. The molecule has 2 aromatic carbocycles. The summed E-state index contributed by atoms with van der Waals surface area (Å²) in [5.41, 5.74) is 2.05. The van der Waals surface area contributed by atoms with Gasteiger partial charge >= 0.3 is 6.18 Å². The first-order valence-corrected chi connectivity index (χ1v) is 10.4. The van der Waals surface area contributed by atoms with Crippen LogP contribution in [0, 0.1) is 0 Å². The van der Waals surface area contributed by atoms with Crippen LogP contribution in [0.25, 0.3) is 10.9 Å². The molecule has 0 bridgehead atoms. The van der Waals surface area contributed by atoms with Gasteiger partial charge in [-0.25, -0.2) is 4.98 Å². The molecular formula is C22H24F3N3S. The van der Waals surface area contributed by atoms with Crippen molar-refractivity contribution in [2.45, 2.75) is 37.9 Å². The minimum absolute atomic E-state index is 0.647. The van der Waals surface area contributed by atoms with Gasteiger partial charge in [-0.3, -0.25) is 4.90 Å². The van der Waals surface area contributed by atoms with Gasteiger partial charge in [0.2, 0.25) is 0 Å². The SMILES string of the molecule is CCCN(CC)Cc1ccc2cccc(NSc3ccc(C(F)(F)F)cc3)c2n1. The third-order valence-electron chi connectivity index (χ3n) is 4.61. The highest BCUT2D eigenvalue weighted by Crippen LogP contribution is 2.32. The number of aromatic nitrogens is 1. The number of pyridine rings is 1. The van der Waals surface area contributed by atoms with E-state index in [1.807, 2.05) is 24.3 Å². The lowest BCUT2D eigenvalue weighted by atomic mass is 10.1. The second-order valence-corrected chi connectivity index (χ2v) is 7.65. The van der Waals surface area contributed by atoms with Crippen LogP contribution in [0.15, 0.2) is 59.5 Å². The summed E-state index contributed by atoms with van der Waals surface area (Å²) in [7, 11) is 0. The van der Waals surface area contributed by atoms with E-state index in [0.29, 0.717) is 4.90 Å². The highest BCUT2D eigenvalue weighted by Gasteiger charge is 2.29. The van der Waals surface area contributed by atoms with E-state index in [1.54, 1.807) is 0 Å². The molecule has 3 rings (SSSR count). The molecule has 7 heteroatoms. The van der Waals surface area contributed by atoms with Crippen molar-refractivity contribution in [1.29, 1.82) is 0 Å². The molecule has 0 spiro atoms. The summed E-state index contributed by atoms with van der Waals surface area (Å²) in [6, 6.07) is 15.1. The first-order chi connectivity index (χ1) is 13.9. The summed E-state index contributed by atoms with van der Waals surface area (Å²) in [4.78, 5) is 7.89. The number of alkyl halides is 3. The van der Waals surface area contributed by atoms with Gasteiger partial charge < -0.3 is 4.72 Å². The average Bonchev–Trinajstić information content (AvgIpc) is 2.71. The standard InChI is InChI=1S/C22H24F3N3S/c1-3-14-28(4-2)15-18-11-8-16-6-5-7-20(21(16)26-18)27-29-19-12-9-17(10-13-19)22(23,24)25/h5-13,27H,3-4,14-15H2,1-2H3. The number of rotatable bonds is 8. The number of fused-ring (bicyclic) bond motifs is 1. The van der Waals surface area contributed by atoms with Crippen LogP contribution in [-0.4, -0.2) is 23.0 Å². The molecule has 1 N–H and O–H groups in total. The van der Waals surface area contributed by atoms with Gasteiger partial charge in [0.25, 0.3) is 0 Å². The number of hydrogen-bond acceptors (Lipinski definition) is 4. The van der Waals surface area contributed by atoms with Gasteiger partial charge in [-0.2, -0.15) is 13.2 Å². The summed E-state index contributed by atoms with van der Waals surface area (Å²) >= 11 is 1.27. The van der Waals surface area contributed by atoms with Crippen LogP contribution < -0.4 is 4.72 Å². The van der Waals surface area contributed by atoms with Crippen LogP contribution in [-0.2, 0) is 12.7 Å². The predicted molar refractivity (Wildman–Crippen MR) is 114 cm³/mol. The number of nitrogens with zero attached hydrogens (tertiary/aromatic N) is 2. The van der Waals surface area contributed by atoms with Crippen LogP contribution in [0.2, 0.25) is 0 Å². The number of para-hydroxylation sites is 1. The van der Waals surface area contributed by atoms with Gasteiger partial charge in [-0.1, -0.05) is 32.0 Å². The molecule has 3 nitrogen and oxygen atoms in total. The topological polar surface area (TPSA) is 28.2 Å². The van der Waals surface area contributed by atoms with Crippen LogP contribution in [0.3, 0.4) is 0 Å². The van der Waals surface area contributed by atoms with Crippen LogP contribution >= 0.6 is 11.9 Å². The fraction of sp³-hybridized carbons (Fsp3) is 0.318. The first kappa shape index (κ1) is 21.5. The molecule has 0 radical (unpaired) electrons. The van der Waals surface area contributed by atoms with Crippen molar-refractivity contribution in [1.82, 2.24) is 9.88 Å². The van der Waals surface area contributed by atoms with E-state index in [0.717, 1.165) is 60.5 Å². The van der Waals surface area contributed by atoms with Crippen LogP contribution in [0.4, 0.5) is 18.9 Å².